The van der Waals surface area contributed by atoms with Crippen LogP contribution in [0.2, 0.25) is 0 Å². The van der Waals surface area contributed by atoms with Gasteiger partial charge in [-0.15, -0.1) is 0 Å². The monoisotopic (exact) mass is 274 g/mol. The Morgan fingerprint density at radius 3 is 2.95 bits per heavy atom. The Hall–Kier alpha value is -1.55. The number of carbonyl (C=O) groups is 1. The molecule has 2 aliphatic rings. The molecule has 0 bridgehead atoms. The zero-order chi connectivity index (χ0) is 14.3. The van der Waals surface area contributed by atoms with Crippen molar-refractivity contribution < 1.29 is 9.53 Å². The molecule has 1 aromatic carbocycles. The van der Waals surface area contributed by atoms with Gasteiger partial charge in [-0.25, -0.2) is 0 Å². The molecule has 1 fully saturated rings. The molecule has 4 nitrogen and oxygen atoms in total. The molecule has 0 spiro atoms. The third-order valence-electron chi connectivity index (χ3n) is 4.04. The van der Waals surface area contributed by atoms with Crippen molar-refractivity contribution in [1.82, 2.24) is 10.2 Å². The Morgan fingerprint density at radius 1 is 1.45 bits per heavy atom. The standard InChI is InChI=1S/C16H22N2O2/c1-4-11-7-12-13-9-17-5-6-18(13)16(19)15(12)14(8-11)20-10(2)3/h7-8,10,13,17H,4-6,9H2,1-3H3/t13-/m0/s1. The van der Waals surface area contributed by atoms with Gasteiger partial charge in [-0.05, 0) is 37.5 Å². The minimum atomic E-state index is 0.0785. The van der Waals surface area contributed by atoms with E-state index in [4.69, 9.17) is 4.74 Å². The van der Waals surface area contributed by atoms with Gasteiger partial charge in [0.15, 0.2) is 0 Å². The second-order valence-electron chi connectivity index (χ2n) is 5.80. The minimum Gasteiger partial charge on any atom is -0.490 e. The molecule has 0 aliphatic carbocycles. The smallest absolute Gasteiger partial charge is 0.258 e. The molecule has 1 atom stereocenters. The van der Waals surface area contributed by atoms with Crippen molar-refractivity contribution in [3.8, 4) is 5.75 Å². The topological polar surface area (TPSA) is 41.6 Å². The van der Waals surface area contributed by atoms with Gasteiger partial charge in [-0.3, -0.25) is 4.79 Å². The van der Waals surface area contributed by atoms with Crippen LogP contribution in [0.4, 0.5) is 0 Å². The van der Waals surface area contributed by atoms with Crippen LogP contribution >= 0.6 is 0 Å². The number of hydrogen-bond acceptors (Lipinski definition) is 3. The Labute approximate surface area is 120 Å². The van der Waals surface area contributed by atoms with Gasteiger partial charge in [0.1, 0.15) is 5.75 Å². The van der Waals surface area contributed by atoms with Crippen LogP contribution in [0.5, 0.6) is 5.75 Å². The molecule has 0 unspecified atom stereocenters. The molecule has 20 heavy (non-hydrogen) atoms. The Morgan fingerprint density at radius 2 is 2.25 bits per heavy atom. The average molecular weight is 274 g/mol. The van der Waals surface area contributed by atoms with E-state index in [1.54, 1.807) is 0 Å². The molecular formula is C16H22N2O2. The molecule has 1 aromatic rings. The highest BCUT2D eigenvalue weighted by Crippen LogP contribution is 2.40. The van der Waals surface area contributed by atoms with Crippen molar-refractivity contribution in [2.45, 2.75) is 39.3 Å². The number of carbonyl (C=O) groups excluding carboxylic acids is 1. The van der Waals surface area contributed by atoms with Crippen molar-refractivity contribution in [1.29, 1.82) is 0 Å². The van der Waals surface area contributed by atoms with Gasteiger partial charge in [-0.1, -0.05) is 13.0 Å². The summed E-state index contributed by atoms with van der Waals surface area (Å²) in [6.07, 6.45) is 1.03. The number of nitrogens with zero attached hydrogens (tertiary/aromatic N) is 1. The van der Waals surface area contributed by atoms with Crippen molar-refractivity contribution in [2.24, 2.45) is 0 Å². The summed E-state index contributed by atoms with van der Waals surface area (Å²) < 4.78 is 5.91. The van der Waals surface area contributed by atoms with E-state index in [1.807, 2.05) is 24.8 Å². The quantitative estimate of drug-likeness (QED) is 0.918. The summed E-state index contributed by atoms with van der Waals surface area (Å²) in [6, 6.07) is 4.38. The zero-order valence-corrected chi connectivity index (χ0v) is 12.4. The van der Waals surface area contributed by atoms with Gasteiger partial charge in [0.05, 0.1) is 17.7 Å². The first-order chi connectivity index (χ1) is 9.61. The summed E-state index contributed by atoms with van der Waals surface area (Å²) in [5.41, 5.74) is 3.15. The summed E-state index contributed by atoms with van der Waals surface area (Å²) in [4.78, 5) is 14.6. The van der Waals surface area contributed by atoms with E-state index in [9.17, 15) is 4.79 Å². The van der Waals surface area contributed by atoms with Gasteiger partial charge in [0.2, 0.25) is 0 Å². The highest BCUT2D eigenvalue weighted by molar-refractivity contribution is 6.02. The number of piperazine rings is 1. The summed E-state index contributed by atoms with van der Waals surface area (Å²) >= 11 is 0. The molecule has 1 N–H and O–H groups in total. The van der Waals surface area contributed by atoms with Crippen LogP contribution in [0.1, 0.15) is 48.3 Å². The minimum absolute atomic E-state index is 0.0785. The number of amides is 1. The van der Waals surface area contributed by atoms with E-state index in [1.165, 1.54) is 5.56 Å². The van der Waals surface area contributed by atoms with Crippen molar-refractivity contribution in [2.75, 3.05) is 19.6 Å². The third-order valence-corrected chi connectivity index (χ3v) is 4.04. The maximum atomic E-state index is 12.7. The normalized spacial score (nSPS) is 21.1. The fourth-order valence-corrected chi connectivity index (χ4v) is 3.11. The summed E-state index contributed by atoms with van der Waals surface area (Å²) in [7, 11) is 0. The number of fused-ring (bicyclic) bond motifs is 3. The first-order valence-electron chi connectivity index (χ1n) is 7.47. The highest BCUT2D eigenvalue weighted by Gasteiger charge is 2.40. The van der Waals surface area contributed by atoms with Gasteiger partial charge >= 0.3 is 0 Å². The number of aryl methyl sites for hydroxylation is 1. The number of hydrogen-bond donors (Lipinski definition) is 1. The Kier molecular flexibility index (Phi) is 3.42. The maximum Gasteiger partial charge on any atom is 0.258 e. The molecule has 0 aromatic heterocycles. The fourth-order valence-electron chi connectivity index (χ4n) is 3.11. The number of nitrogens with one attached hydrogen (secondary N) is 1. The van der Waals surface area contributed by atoms with Crippen molar-refractivity contribution in [3.05, 3.63) is 28.8 Å². The van der Waals surface area contributed by atoms with Crippen molar-refractivity contribution in [3.63, 3.8) is 0 Å². The molecule has 4 heteroatoms. The Bertz CT molecular complexity index is 540. The van der Waals surface area contributed by atoms with Gasteiger partial charge < -0.3 is 15.0 Å². The summed E-state index contributed by atoms with van der Waals surface area (Å²) in [5, 5.41) is 3.38. The summed E-state index contributed by atoms with van der Waals surface area (Å²) in [6.45, 7) is 8.62. The van der Waals surface area contributed by atoms with Crippen LogP contribution in [0.25, 0.3) is 0 Å². The molecule has 3 rings (SSSR count). The lowest BCUT2D eigenvalue weighted by Gasteiger charge is -2.30. The summed E-state index contributed by atoms with van der Waals surface area (Å²) in [5.74, 6) is 0.888. The number of ether oxygens (including phenoxy) is 1. The second kappa shape index (κ2) is 5.09. The molecule has 1 saturated heterocycles. The SMILES string of the molecule is CCc1cc(OC(C)C)c2c(c1)[C@@H]1CNCCN1C2=O. The second-order valence-corrected chi connectivity index (χ2v) is 5.80. The molecule has 1 amide bonds. The lowest BCUT2D eigenvalue weighted by atomic mass is 9.98. The van der Waals surface area contributed by atoms with Gasteiger partial charge in [0.25, 0.3) is 5.91 Å². The van der Waals surface area contributed by atoms with Crippen LogP contribution < -0.4 is 10.1 Å². The highest BCUT2D eigenvalue weighted by atomic mass is 16.5. The van der Waals surface area contributed by atoms with E-state index >= 15 is 0 Å². The lowest BCUT2D eigenvalue weighted by Crippen LogP contribution is -2.44. The number of rotatable bonds is 3. The fraction of sp³-hybridized carbons (Fsp3) is 0.562. The van der Waals surface area contributed by atoms with Crippen LogP contribution in [0.15, 0.2) is 12.1 Å². The van der Waals surface area contributed by atoms with Crippen molar-refractivity contribution >= 4 is 5.91 Å². The van der Waals surface area contributed by atoms with E-state index in [-0.39, 0.29) is 18.1 Å². The van der Waals surface area contributed by atoms with Crippen LogP contribution in [0.3, 0.4) is 0 Å². The molecule has 0 saturated carbocycles. The van der Waals surface area contributed by atoms with E-state index in [0.717, 1.165) is 42.9 Å². The lowest BCUT2D eigenvalue weighted by molar-refractivity contribution is 0.0687. The largest absolute Gasteiger partial charge is 0.490 e. The molecular weight excluding hydrogens is 252 g/mol. The maximum absolute atomic E-state index is 12.7. The molecule has 2 heterocycles. The van der Waals surface area contributed by atoms with E-state index < -0.39 is 0 Å². The predicted octanol–water partition coefficient (Wildman–Crippen LogP) is 2.14. The van der Waals surface area contributed by atoms with Crippen LogP contribution in [-0.2, 0) is 6.42 Å². The number of benzene rings is 1. The molecule has 108 valence electrons. The van der Waals surface area contributed by atoms with E-state index in [0.29, 0.717) is 0 Å². The third kappa shape index (κ3) is 2.08. The molecule has 2 aliphatic heterocycles. The van der Waals surface area contributed by atoms with Crippen LogP contribution in [0, 0.1) is 0 Å². The van der Waals surface area contributed by atoms with Gasteiger partial charge in [0, 0.05) is 19.6 Å². The average Bonchev–Trinajstić information content (AvgIpc) is 2.72. The van der Waals surface area contributed by atoms with E-state index in [2.05, 4.69) is 18.3 Å². The van der Waals surface area contributed by atoms with Crippen LogP contribution in [-0.4, -0.2) is 36.5 Å². The van der Waals surface area contributed by atoms with Gasteiger partial charge in [-0.2, -0.15) is 0 Å². The zero-order valence-electron chi connectivity index (χ0n) is 12.4. The molecule has 0 radical (unpaired) electrons. The first-order valence-corrected chi connectivity index (χ1v) is 7.47. The predicted molar refractivity (Wildman–Crippen MR) is 78.2 cm³/mol. The Balaban J connectivity index is 2.10. The first kappa shape index (κ1) is 13.4.